The molecule has 0 bridgehead atoms. The van der Waals surface area contributed by atoms with Crippen LogP contribution in [0.2, 0.25) is 0 Å². The fourth-order valence-electron chi connectivity index (χ4n) is 3.20. The van der Waals surface area contributed by atoms with Gasteiger partial charge in [0.2, 0.25) is 0 Å². The second-order valence-electron chi connectivity index (χ2n) is 6.11. The maximum Gasteiger partial charge on any atom is 0.321 e. The molecule has 1 aromatic rings. The first-order valence-electron chi connectivity index (χ1n) is 8.34. The van der Waals surface area contributed by atoms with Gasteiger partial charge in [-0.05, 0) is 30.4 Å². The zero-order chi connectivity index (χ0) is 17.5. The number of hydrogen-bond acceptors (Lipinski definition) is 4. The largest absolute Gasteiger partial charge is 0.497 e. The van der Waals surface area contributed by atoms with E-state index in [0.717, 1.165) is 12.8 Å². The Bertz CT molecular complexity index is 576. The van der Waals surface area contributed by atoms with Crippen molar-refractivity contribution < 1.29 is 19.1 Å². The summed E-state index contributed by atoms with van der Waals surface area (Å²) in [7, 11) is 3.01. The summed E-state index contributed by atoms with van der Waals surface area (Å²) in [5.74, 6) is 1.13. The molecule has 0 aromatic heterocycles. The molecule has 2 amide bonds. The number of benzene rings is 1. The lowest BCUT2D eigenvalue weighted by Gasteiger charge is -2.37. The van der Waals surface area contributed by atoms with Crippen LogP contribution in [0.4, 0.5) is 10.5 Å². The Balaban J connectivity index is 1.95. The molecule has 1 aromatic carbocycles. The van der Waals surface area contributed by atoms with Crippen LogP contribution in [0.1, 0.15) is 26.2 Å². The van der Waals surface area contributed by atoms with Crippen LogP contribution >= 0.6 is 0 Å². The second-order valence-corrected chi connectivity index (χ2v) is 6.11. The van der Waals surface area contributed by atoms with E-state index in [9.17, 15) is 9.59 Å². The Kier molecular flexibility index (Phi) is 6.46. The standard InChI is InChI=1S/C18H26N2O4/c1-4-13-12-20(9-8-14(13)10-17(21)24-3)18(22)19-15-6-5-7-16(11-15)23-2/h5-7,11,13-14H,4,8-10,12H2,1-3H3,(H,19,22). The first kappa shape index (κ1) is 18.1. The van der Waals surface area contributed by atoms with Crippen molar-refractivity contribution in [2.24, 2.45) is 11.8 Å². The number of ether oxygens (including phenoxy) is 2. The van der Waals surface area contributed by atoms with Crippen molar-refractivity contribution in [2.45, 2.75) is 26.2 Å². The Morgan fingerprint density at radius 2 is 2.08 bits per heavy atom. The molecule has 24 heavy (non-hydrogen) atoms. The van der Waals surface area contributed by atoms with E-state index in [2.05, 4.69) is 12.2 Å². The minimum atomic E-state index is -0.173. The van der Waals surface area contributed by atoms with Gasteiger partial charge in [-0.25, -0.2) is 4.79 Å². The third-order valence-corrected chi connectivity index (χ3v) is 4.68. The summed E-state index contributed by atoms with van der Waals surface area (Å²) in [5.41, 5.74) is 0.712. The number of likely N-dealkylation sites (tertiary alicyclic amines) is 1. The summed E-state index contributed by atoms with van der Waals surface area (Å²) in [6.07, 6.45) is 2.18. The number of carbonyl (C=O) groups excluding carboxylic acids is 2. The van der Waals surface area contributed by atoms with Crippen molar-refractivity contribution in [2.75, 3.05) is 32.6 Å². The highest BCUT2D eigenvalue weighted by Gasteiger charge is 2.32. The van der Waals surface area contributed by atoms with Crippen molar-refractivity contribution >= 4 is 17.7 Å². The van der Waals surface area contributed by atoms with Gasteiger partial charge in [-0.1, -0.05) is 19.4 Å². The van der Waals surface area contributed by atoms with Gasteiger partial charge in [0.05, 0.1) is 14.2 Å². The van der Waals surface area contributed by atoms with E-state index in [1.165, 1.54) is 7.11 Å². The average molecular weight is 334 g/mol. The average Bonchev–Trinajstić information content (AvgIpc) is 2.61. The molecule has 0 radical (unpaired) electrons. The summed E-state index contributed by atoms with van der Waals surface area (Å²) in [4.78, 5) is 25.8. The molecule has 132 valence electrons. The van der Waals surface area contributed by atoms with Crippen molar-refractivity contribution in [1.29, 1.82) is 0 Å². The van der Waals surface area contributed by atoms with E-state index in [0.29, 0.717) is 36.9 Å². The van der Waals surface area contributed by atoms with E-state index in [-0.39, 0.29) is 17.9 Å². The minimum Gasteiger partial charge on any atom is -0.497 e. The number of methoxy groups -OCH3 is 2. The number of hydrogen-bond donors (Lipinski definition) is 1. The first-order chi connectivity index (χ1) is 11.6. The predicted molar refractivity (Wildman–Crippen MR) is 92.1 cm³/mol. The molecule has 0 spiro atoms. The van der Waals surface area contributed by atoms with E-state index in [1.54, 1.807) is 13.2 Å². The number of urea groups is 1. The Morgan fingerprint density at radius 1 is 1.29 bits per heavy atom. The van der Waals surface area contributed by atoms with Gasteiger partial charge < -0.3 is 19.7 Å². The lowest BCUT2D eigenvalue weighted by molar-refractivity contribution is -0.142. The van der Waals surface area contributed by atoms with Gasteiger partial charge >= 0.3 is 12.0 Å². The highest BCUT2D eigenvalue weighted by molar-refractivity contribution is 5.89. The molecule has 2 atom stereocenters. The smallest absolute Gasteiger partial charge is 0.321 e. The lowest BCUT2D eigenvalue weighted by Crippen LogP contribution is -2.46. The summed E-state index contributed by atoms with van der Waals surface area (Å²) < 4.78 is 9.95. The highest BCUT2D eigenvalue weighted by atomic mass is 16.5. The summed E-state index contributed by atoms with van der Waals surface area (Å²) in [6.45, 7) is 3.40. The summed E-state index contributed by atoms with van der Waals surface area (Å²) >= 11 is 0. The van der Waals surface area contributed by atoms with Crippen LogP contribution in [-0.2, 0) is 9.53 Å². The maximum atomic E-state index is 12.5. The van der Waals surface area contributed by atoms with Crippen LogP contribution < -0.4 is 10.1 Å². The van der Waals surface area contributed by atoms with Crippen molar-refractivity contribution in [3.05, 3.63) is 24.3 Å². The van der Waals surface area contributed by atoms with Crippen LogP contribution in [-0.4, -0.2) is 44.2 Å². The van der Waals surface area contributed by atoms with Gasteiger partial charge in [0.1, 0.15) is 5.75 Å². The molecule has 1 aliphatic rings. The quantitative estimate of drug-likeness (QED) is 0.840. The Morgan fingerprint density at radius 3 is 2.75 bits per heavy atom. The van der Waals surface area contributed by atoms with Crippen LogP contribution in [0, 0.1) is 11.8 Å². The topological polar surface area (TPSA) is 67.9 Å². The number of anilines is 1. The number of rotatable bonds is 5. The summed E-state index contributed by atoms with van der Waals surface area (Å²) in [5, 5.41) is 2.91. The van der Waals surface area contributed by atoms with Gasteiger partial charge in [-0.15, -0.1) is 0 Å². The number of carbonyl (C=O) groups is 2. The number of nitrogens with one attached hydrogen (secondary N) is 1. The summed E-state index contributed by atoms with van der Waals surface area (Å²) in [6, 6.07) is 7.19. The van der Waals surface area contributed by atoms with E-state index in [4.69, 9.17) is 9.47 Å². The molecule has 2 unspecified atom stereocenters. The lowest BCUT2D eigenvalue weighted by atomic mass is 9.81. The first-order valence-corrected chi connectivity index (χ1v) is 8.34. The zero-order valence-corrected chi connectivity index (χ0v) is 14.6. The maximum absolute atomic E-state index is 12.5. The van der Waals surface area contributed by atoms with Crippen molar-refractivity contribution in [3.8, 4) is 5.75 Å². The Labute approximate surface area is 143 Å². The van der Waals surface area contributed by atoms with E-state index in [1.807, 2.05) is 23.1 Å². The minimum absolute atomic E-state index is 0.113. The van der Waals surface area contributed by atoms with Crippen LogP contribution in [0.25, 0.3) is 0 Å². The molecule has 1 fully saturated rings. The molecule has 0 aliphatic carbocycles. The monoisotopic (exact) mass is 334 g/mol. The molecule has 2 rings (SSSR count). The third-order valence-electron chi connectivity index (χ3n) is 4.68. The SMILES string of the molecule is CCC1CN(C(=O)Nc2cccc(OC)c2)CCC1CC(=O)OC. The number of amides is 2. The van der Waals surface area contributed by atoms with E-state index < -0.39 is 0 Å². The number of nitrogens with zero attached hydrogens (tertiary/aromatic N) is 1. The molecular weight excluding hydrogens is 308 g/mol. The van der Waals surface area contributed by atoms with Gasteiger partial charge in [0, 0.05) is 31.3 Å². The highest BCUT2D eigenvalue weighted by Crippen LogP contribution is 2.29. The number of esters is 1. The van der Waals surface area contributed by atoms with Crippen LogP contribution in [0.3, 0.4) is 0 Å². The van der Waals surface area contributed by atoms with Gasteiger partial charge in [-0.2, -0.15) is 0 Å². The molecular formula is C18H26N2O4. The molecule has 1 aliphatic heterocycles. The van der Waals surface area contributed by atoms with Crippen LogP contribution in [0.15, 0.2) is 24.3 Å². The fourth-order valence-corrected chi connectivity index (χ4v) is 3.20. The van der Waals surface area contributed by atoms with Gasteiger partial charge in [-0.3, -0.25) is 4.79 Å². The molecule has 6 nitrogen and oxygen atoms in total. The van der Waals surface area contributed by atoms with Gasteiger partial charge in [0.25, 0.3) is 0 Å². The molecule has 1 saturated heterocycles. The molecule has 0 saturated carbocycles. The predicted octanol–water partition coefficient (Wildman–Crippen LogP) is 3.14. The van der Waals surface area contributed by atoms with Crippen molar-refractivity contribution in [3.63, 3.8) is 0 Å². The third kappa shape index (κ3) is 4.63. The molecule has 1 N–H and O–H groups in total. The van der Waals surface area contributed by atoms with E-state index >= 15 is 0 Å². The number of piperidine rings is 1. The zero-order valence-electron chi connectivity index (χ0n) is 14.6. The van der Waals surface area contributed by atoms with Crippen LogP contribution in [0.5, 0.6) is 5.75 Å². The second kappa shape index (κ2) is 8.57. The van der Waals surface area contributed by atoms with Crippen molar-refractivity contribution in [1.82, 2.24) is 4.90 Å². The Hall–Kier alpha value is -2.24. The molecule has 6 heteroatoms. The fraction of sp³-hybridized carbons (Fsp3) is 0.556. The molecule has 1 heterocycles. The van der Waals surface area contributed by atoms with Gasteiger partial charge in [0.15, 0.2) is 0 Å². The normalized spacial score (nSPS) is 20.4.